The number of carbonyl (C=O) groups is 1. The maximum Gasteiger partial charge on any atom is 0.322 e. The average Bonchev–Trinajstić information content (AvgIpc) is 3.26. The molecule has 0 bridgehead atoms. The molecule has 0 radical (unpaired) electrons. The topological polar surface area (TPSA) is 110 Å². The van der Waals surface area contributed by atoms with Gasteiger partial charge in [-0.05, 0) is 25.1 Å². The van der Waals surface area contributed by atoms with Gasteiger partial charge in [0.1, 0.15) is 5.69 Å². The van der Waals surface area contributed by atoms with Crippen LogP contribution in [0, 0.1) is 6.92 Å². The summed E-state index contributed by atoms with van der Waals surface area (Å²) in [4.78, 5) is 23.6. The van der Waals surface area contributed by atoms with Gasteiger partial charge in [-0.1, -0.05) is 5.10 Å². The molecule has 114 valence electrons. The second-order valence-corrected chi connectivity index (χ2v) is 5.81. The van der Waals surface area contributed by atoms with Crippen LogP contribution < -0.4 is 5.32 Å². The molecule has 4 rings (SSSR count). The lowest BCUT2D eigenvalue weighted by Crippen LogP contribution is -2.12. The van der Waals surface area contributed by atoms with Crippen LogP contribution in [0.4, 0.5) is 6.01 Å². The SMILES string of the molecule is Cc1nc(-c2nnc(NC(=O)c3ccc4nc[nH]c4c3)o2)cs1. The van der Waals surface area contributed by atoms with Crippen molar-refractivity contribution in [1.29, 1.82) is 0 Å². The van der Waals surface area contributed by atoms with E-state index >= 15 is 0 Å². The van der Waals surface area contributed by atoms with Crippen LogP contribution >= 0.6 is 11.3 Å². The molecule has 0 saturated heterocycles. The number of hydrogen-bond acceptors (Lipinski definition) is 7. The molecule has 0 spiro atoms. The quantitative estimate of drug-likeness (QED) is 0.599. The Morgan fingerprint density at radius 1 is 1.35 bits per heavy atom. The Hall–Kier alpha value is -3.07. The minimum absolute atomic E-state index is 0.0281. The minimum Gasteiger partial charge on any atom is -0.401 e. The standard InChI is InChI=1S/C14H10N6O2S/c1-7-17-11(5-23-7)13-19-20-14(22-13)18-12(21)8-2-3-9-10(4-8)16-6-15-9/h2-6H,1H3,(H,15,16)(H,18,20,21). The second-order valence-electron chi connectivity index (χ2n) is 4.75. The first kappa shape index (κ1) is 13.6. The van der Waals surface area contributed by atoms with Crippen LogP contribution in [0.1, 0.15) is 15.4 Å². The Bertz CT molecular complexity index is 1000. The molecule has 0 atom stereocenters. The fraction of sp³-hybridized carbons (Fsp3) is 0.0714. The van der Waals surface area contributed by atoms with Gasteiger partial charge in [-0.25, -0.2) is 9.97 Å². The molecule has 0 fully saturated rings. The molecule has 0 unspecified atom stereocenters. The van der Waals surface area contributed by atoms with Crippen LogP contribution in [0.5, 0.6) is 0 Å². The van der Waals surface area contributed by atoms with Crippen molar-refractivity contribution in [1.82, 2.24) is 25.1 Å². The van der Waals surface area contributed by atoms with Crippen molar-refractivity contribution in [2.24, 2.45) is 0 Å². The molecule has 0 aliphatic rings. The molecule has 9 heteroatoms. The van der Waals surface area contributed by atoms with Crippen molar-refractivity contribution in [2.45, 2.75) is 6.92 Å². The largest absolute Gasteiger partial charge is 0.401 e. The van der Waals surface area contributed by atoms with Gasteiger partial charge in [0.15, 0.2) is 0 Å². The van der Waals surface area contributed by atoms with Crippen LogP contribution in [0.25, 0.3) is 22.6 Å². The number of nitrogens with zero attached hydrogens (tertiary/aromatic N) is 4. The summed E-state index contributed by atoms with van der Waals surface area (Å²) in [6, 6.07) is 5.18. The highest BCUT2D eigenvalue weighted by Crippen LogP contribution is 2.22. The van der Waals surface area contributed by atoms with Crippen LogP contribution in [0.3, 0.4) is 0 Å². The van der Waals surface area contributed by atoms with Crippen LogP contribution in [-0.2, 0) is 0 Å². The summed E-state index contributed by atoms with van der Waals surface area (Å²) in [6.07, 6.45) is 1.58. The number of carbonyl (C=O) groups excluding carboxylic acids is 1. The number of aryl methyl sites for hydroxylation is 1. The van der Waals surface area contributed by atoms with E-state index in [0.717, 1.165) is 16.0 Å². The molecule has 4 aromatic rings. The van der Waals surface area contributed by atoms with Crippen molar-refractivity contribution in [2.75, 3.05) is 5.32 Å². The normalized spacial score (nSPS) is 11.0. The van der Waals surface area contributed by atoms with E-state index in [4.69, 9.17) is 4.42 Å². The van der Waals surface area contributed by atoms with E-state index in [0.29, 0.717) is 11.3 Å². The maximum absolute atomic E-state index is 12.2. The van der Waals surface area contributed by atoms with E-state index in [1.807, 2.05) is 12.3 Å². The van der Waals surface area contributed by atoms with E-state index < -0.39 is 0 Å². The first-order chi connectivity index (χ1) is 11.2. The molecular weight excluding hydrogens is 316 g/mol. The minimum atomic E-state index is -0.342. The van der Waals surface area contributed by atoms with Gasteiger partial charge >= 0.3 is 6.01 Å². The number of anilines is 1. The van der Waals surface area contributed by atoms with Crippen LogP contribution in [-0.4, -0.2) is 31.1 Å². The van der Waals surface area contributed by atoms with Gasteiger partial charge in [0.2, 0.25) is 0 Å². The van der Waals surface area contributed by atoms with Crippen molar-refractivity contribution >= 4 is 34.3 Å². The van der Waals surface area contributed by atoms with Gasteiger partial charge in [-0.2, -0.15) is 0 Å². The zero-order valence-corrected chi connectivity index (χ0v) is 12.7. The Balaban J connectivity index is 1.55. The number of nitrogens with one attached hydrogen (secondary N) is 2. The number of benzene rings is 1. The molecule has 0 saturated carbocycles. The zero-order valence-electron chi connectivity index (χ0n) is 11.9. The summed E-state index contributed by atoms with van der Waals surface area (Å²) in [5, 5.41) is 13.0. The molecule has 0 aliphatic heterocycles. The van der Waals surface area contributed by atoms with Crippen LogP contribution in [0.15, 0.2) is 34.3 Å². The number of thiazole rings is 1. The molecule has 8 nitrogen and oxygen atoms in total. The number of aromatic amines is 1. The Labute approximate surface area is 133 Å². The highest BCUT2D eigenvalue weighted by molar-refractivity contribution is 7.09. The van der Waals surface area contributed by atoms with Gasteiger partial charge in [0.25, 0.3) is 11.8 Å². The first-order valence-corrected chi connectivity index (χ1v) is 7.57. The molecule has 1 aromatic carbocycles. The lowest BCUT2D eigenvalue weighted by atomic mass is 10.2. The predicted molar refractivity (Wildman–Crippen MR) is 84.2 cm³/mol. The molecule has 23 heavy (non-hydrogen) atoms. The van der Waals surface area contributed by atoms with Gasteiger partial charge in [-0.3, -0.25) is 10.1 Å². The maximum atomic E-state index is 12.2. The number of amides is 1. The Kier molecular flexibility index (Phi) is 3.12. The number of aromatic nitrogens is 5. The third-order valence-corrected chi connectivity index (χ3v) is 3.94. The van der Waals surface area contributed by atoms with E-state index in [-0.39, 0.29) is 17.8 Å². The van der Waals surface area contributed by atoms with Crippen molar-refractivity contribution in [3.63, 3.8) is 0 Å². The number of fused-ring (bicyclic) bond motifs is 1. The molecule has 3 heterocycles. The summed E-state index contributed by atoms with van der Waals surface area (Å²) in [7, 11) is 0. The van der Waals surface area contributed by atoms with Crippen LogP contribution in [0.2, 0.25) is 0 Å². The number of H-pyrrole nitrogens is 1. The molecule has 3 aromatic heterocycles. The van der Waals surface area contributed by atoms with Gasteiger partial charge in [0, 0.05) is 10.9 Å². The smallest absolute Gasteiger partial charge is 0.322 e. The molecule has 1 amide bonds. The Morgan fingerprint density at radius 2 is 2.26 bits per heavy atom. The summed E-state index contributed by atoms with van der Waals surface area (Å²) in [6.45, 7) is 1.89. The highest BCUT2D eigenvalue weighted by atomic mass is 32.1. The summed E-state index contributed by atoms with van der Waals surface area (Å²) < 4.78 is 5.42. The highest BCUT2D eigenvalue weighted by Gasteiger charge is 2.15. The van der Waals surface area contributed by atoms with Gasteiger partial charge in [0.05, 0.1) is 22.4 Å². The number of imidazole rings is 1. The fourth-order valence-corrected chi connectivity index (χ4v) is 2.67. The monoisotopic (exact) mass is 326 g/mol. The number of hydrogen-bond donors (Lipinski definition) is 2. The number of rotatable bonds is 3. The van der Waals surface area contributed by atoms with Crippen molar-refractivity contribution < 1.29 is 9.21 Å². The van der Waals surface area contributed by atoms with Gasteiger partial charge < -0.3 is 9.40 Å². The van der Waals surface area contributed by atoms with Crippen molar-refractivity contribution in [3.8, 4) is 11.6 Å². The fourth-order valence-electron chi connectivity index (χ4n) is 2.09. The summed E-state index contributed by atoms with van der Waals surface area (Å²) >= 11 is 1.49. The third kappa shape index (κ3) is 2.57. The predicted octanol–water partition coefficient (Wildman–Crippen LogP) is 2.63. The second kappa shape index (κ2) is 5.29. The van der Waals surface area contributed by atoms with Crippen molar-refractivity contribution in [3.05, 3.63) is 40.5 Å². The van der Waals surface area contributed by atoms with E-state index in [9.17, 15) is 4.79 Å². The third-order valence-electron chi connectivity index (χ3n) is 3.17. The molecular formula is C14H10N6O2S. The lowest BCUT2D eigenvalue weighted by molar-refractivity contribution is 0.102. The molecule has 2 N–H and O–H groups in total. The summed E-state index contributed by atoms with van der Waals surface area (Å²) in [5.41, 5.74) is 2.63. The van der Waals surface area contributed by atoms with Gasteiger partial charge in [-0.15, -0.1) is 16.4 Å². The van der Waals surface area contributed by atoms with E-state index in [2.05, 4.69) is 30.5 Å². The average molecular weight is 326 g/mol. The lowest BCUT2D eigenvalue weighted by Gasteiger charge is -2.00. The Morgan fingerprint density at radius 3 is 3.09 bits per heavy atom. The van der Waals surface area contributed by atoms with E-state index in [1.165, 1.54) is 11.3 Å². The van der Waals surface area contributed by atoms with E-state index in [1.54, 1.807) is 24.5 Å². The summed E-state index contributed by atoms with van der Waals surface area (Å²) in [5.74, 6) is -0.0696. The zero-order chi connectivity index (χ0) is 15.8. The first-order valence-electron chi connectivity index (χ1n) is 6.69. The molecule has 0 aliphatic carbocycles.